The van der Waals surface area contributed by atoms with Gasteiger partial charge in [-0.2, -0.15) is 0 Å². The molecule has 0 aliphatic carbocycles. The number of aromatic nitrogens is 6. The molecule has 4 rings (SSSR count). The lowest BCUT2D eigenvalue weighted by molar-refractivity contribution is 0.391. The Morgan fingerprint density at radius 2 is 1.67 bits per heavy atom. The summed E-state index contributed by atoms with van der Waals surface area (Å²) in [5.74, 6) is 3.99. The molecule has 0 aliphatic heterocycles. The van der Waals surface area contributed by atoms with E-state index in [0.717, 1.165) is 34.7 Å². The first-order valence-corrected chi connectivity index (χ1v) is 11.3. The summed E-state index contributed by atoms with van der Waals surface area (Å²) >= 11 is 1.50. The molecule has 0 unspecified atom stereocenters. The highest BCUT2D eigenvalue weighted by Crippen LogP contribution is 2.37. The molecule has 10 heteroatoms. The van der Waals surface area contributed by atoms with Gasteiger partial charge in [0.1, 0.15) is 23.0 Å². The molecule has 0 amide bonds. The predicted molar refractivity (Wildman–Crippen MR) is 129 cm³/mol. The first-order chi connectivity index (χ1) is 16.1. The number of hydrogen-bond acceptors (Lipinski definition) is 9. The molecule has 0 fully saturated rings. The largest absolute Gasteiger partial charge is 0.494 e. The molecule has 1 aromatic carbocycles. The molecule has 4 aromatic rings. The SMILES string of the molecule is COc1cccc(OC)c1-n1c(NSCCc2ncc(C)cn2)nnc1-c1cncc(C)c1. The molecule has 1 N–H and O–H groups in total. The Morgan fingerprint density at radius 1 is 0.939 bits per heavy atom. The van der Waals surface area contributed by atoms with E-state index in [4.69, 9.17) is 9.47 Å². The van der Waals surface area contributed by atoms with Gasteiger partial charge in [0, 0.05) is 42.5 Å². The standard InChI is InChI=1S/C23H25N7O2S/c1-15-10-17(14-24-11-15)22-27-28-23(29-33-9-8-20-25-12-16(2)13-26-20)30(22)21-18(31-3)6-5-7-19(21)32-4/h5-7,10-14H,8-9H2,1-4H3,(H,28,29). The van der Waals surface area contributed by atoms with Gasteiger partial charge in [-0.1, -0.05) is 6.07 Å². The van der Waals surface area contributed by atoms with Crippen LogP contribution in [-0.2, 0) is 6.42 Å². The summed E-state index contributed by atoms with van der Waals surface area (Å²) in [5.41, 5.74) is 3.60. The summed E-state index contributed by atoms with van der Waals surface area (Å²) in [6, 6.07) is 7.65. The van der Waals surface area contributed by atoms with Gasteiger partial charge in [0.15, 0.2) is 5.82 Å². The van der Waals surface area contributed by atoms with Gasteiger partial charge >= 0.3 is 0 Å². The van der Waals surface area contributed by atoms with E-state index in [0.29, 0.717) is 29.0 Å². The summed E-state index contributed by atoms with van der Waals surface area (Å²) in [4.78, 5) is 13.0. The van der Waals surface area contributed by atoms with Gasteiger partial charge in [-0.25, -0.2) is 9.97 Å². The fourth-order valence-corrected chi connectivity index (χ4v) is 3.93. The Hall–Kier alpha value is -3.66. The van der Waals surface area contributed by atoms with Gasteiger partial charge in [0.05, 0.1) is 14.2 Å². The fraction of sp³-hybridized carbons (Fsp3) is 0.261. The molecular formula is C23H25N7O2S. The predicted octanol–water partition coefficient (Wildman–Crippen LogP) is 4.06. The van der Waals surface area contributed by atoms with E-state index >= 15 is 0 Å². The number of benzene rings is 1. The second kappa shape index (κ2) is 10.3. The van der Waals surface area contributed by atoms with Gasteiger partial charge in [0.25, 0.3) is 0 Å². The third kappa shape index (κ3) is 5.06. The lowest BCUT2D eigenvalue weighted by Crippen LogP contribution is -2.07. The number of nitrogens with one attached hydrogen (secondary N) is 1. The summed E-state index contributed by atoms with van der Waals surface area (Å²) in [5, 5.41) is 8.88. The molecular weight excluding hydrogens is 438 g/mol. The summed E-state index contributed by atoms with van der Waals surface area (Å²) < 4.78 is 16.5. The van der Waals surface area contributed by atoms with Gasteiger partial charge in [-0.05, 0) is 55.1 Å². The van der Waals surface area contributed by atoms with E-state index in [1.165, 1.54) is 11.9 Å². The zero-order valence-electron chi connectivity index (χ0n) is 18.9. The minimum atomic E-state index is 0.545. The van der Waals surface area contributed by atoms with Crippen molar-refractivity contribution in [3.05, 3.63) is 66.0 Å². The highest BCUT2D eigenvalue weighted by atomic mass is 32.2. The quantitative estimate of drug-likeness (QED) is 0.291. The molecule has 0 atom stereocenters. The molecule has 0 spiro atoms. The maximum Gasteiger partial charge on any atom is 0.239 e. The zero-order valence-corrected chi connectivity index (χ0v) is 19.8. The smallest absolute Gasteiger partial charge is 0.239 e. The average molecular weight is 464 g/mol. The van der Waals surface area contributed by atoms with Crippen LogP contribution in [0.25, 0.3) is 17.1 Å². The van der Waals surface area contributed by atoms with E-state index < -0.39 is 0 Å². The minimum absolute atomic E-state index is 0.545. The number of methoxy groups -OCH3 is 2. The van der Waals surface area contributed by atoms with Crippen LogP contribution in [0.1, 0.15) is 17.0 Å². The van der Waals surface area contributed by atoms with Gasteiger partial charge in [-0.15, -0.1) is 10.2 Å². The Balaban J connectivity index is 1.67. The third-order valence-corrected chi connectivity index (χ3v) is 5.58. The number of pyridine rings is 1. The Morgan fingerprint density at radius 3 is 2.33 bits per heavy atom. The van der Waals surface area contributed by atoms with Crippen molar-refractivity contribution in [1.29, 1.82) is 0 Å². The van der Waals surface area contributed by atoms with Crippen LogP contribution in [0.15, 0.2) is 49.1 Å². The number of nitrogens with zero attached hydrogens (tertiary/aromatic N) is 6. The molecule has 0 aliphatic rings. The lowest BCUT2D eigenvalue weighted by Gasteiger charge is -2.17. The lowest BCUT2D eigenvalue weighted by atomic mass is 10.2. The van der Waals surface area contributed by atoms with E-state index in [1.54, 1.807) is 26.6 Å². The second-order valence-electron chi connectivity index (χ2n) is 7.32. The van der Waals surface area contributed by atoms with Gasteiger partial charge < -0.3 is 9.47 Å². The maximum absolute atomic E-state index is 5.65. The molecule has 0 radical (unpaired) electrons. The second-order valence-corrected chi connectivity index (χ2v) is 8.22. The van der Waals surface area contributed by atoms with Crippen molar-refractivity contribution in [3.8, 4) is 28.6 Å². The van der Waals surface area contributed by atoms with E-state index in [9.17, 15) is 0 Å². The highest BCUT2D eigenvalue weighted by Gasteiger charge is 2.22. The molecule has 0 saturated carbocycles. The van der Waals surface area contributed by atoms with Crippen LogP contribution >= 0.6 is 11.9 Å². The van der Waals surface area contributed by atoms with Gasteiger partial charge in [-0.3, -0.25) is 14.3 Å². The third-order valence-electron chi connectivity index (χ3n) is 4.85. The number of anilines is 1. The Bertz CT molecular complexity index is 1210. The average Bonchev–Trinajstić information content (AvgIpc) is 3.25. The zero-order chi connectivity index (χ0) is 23.2. The van der Waals surface area contributed by atoms with Crippen molar-refractivity contribution in [2.75, 3.05) is 24.7 Å². The van der Waals surface area contributed by atoms with Crippen molar-refractivity contribution in [3.63, 3.8) is 0 Å². The molecule has 170 valence electrons. The van der Waals surface area contributed by atoms with E-state index in [-0.39, 0.29) is 0 Å². The van der Waals surface area contributed by atoms with E-state index in [2.05, 4.69) is 29.9 Å². The van der Waals surface area contributed by atoms with Gasteiger partial charge in [0.2, 0.25) is 5.95 Å². The minimum Gasteiger partial charge on any atom is -0.494 e. The van der Waals surface area contributed by atoms with Crippen LogP contribution in [0.4, 0.5) is 5.95 Å². The highest BCUT2D eigenvalue weighted by molar-refractivity contribution is 8.00. The van der Waals surface area contributed by atoms with Crippen LogP contribution in [0.2, 0.25) is 0 Å². The van der Waals surface area contributed by atoms with Crippen LogP contribution in [0.5, 0.6) is 11.5 Å². The Labute approximate surface area is 196 Å². The van der Waals surface area contributed by atoms with Crippen molar-refractivity contribution in [1.82, 2.24) is 29.7 Å². The number of hydrogen-bond donors (Lipinski definition) is 1. The summed E-state index contributed by atoms with van der Waals surface area (Å²) in [6.45, 7) is 3.96. The van der Waals surface area contributed by atoms with Crippen molar-refractivity contribution in [2.45, 2.75) is 20.3 Å². The number of para-hydroxylation sites is 1. The van der Waals surface area contributed by atoms with Crippen LogP contribution < -0.4 is 14.2 Å². The van der Waals surface area contributed by atoms with Crippen molar-refractivity contribution in [2.24, 2.45) is 0 Å². The number of aryl methyl sites for hydroxylation is 3. The summed E-state index contributed by atoms with van der Waals surface area (Å²) in [7, 11) is 3.25. The first-order valence-electron chi connectivity index (χ1n) is 10.3. The fourth-order valence-electron chi connectivity index (χ4n) is 3.28. The molecule has 3 aromatic heterocycles. The maximum atomic E-state index is 5.65. The first kappa shape index (κ1) is 22.5. The molecule has 0 bridgehead atoms. The molecule has 9 nitrogen and oxygen atoms in total. The monoisotopic (exact) mass is 463 g/mol. The summed E-state index contributed by atoms with van der Waals surface area (Å²) in [6.07, 6.45) is 7.94. The molecule has 33 heavy (non-hydrogen) atoms. The normalized spacial score (nSPS) is 10.8. The van der Waals surface area contributed by atoms with Crippen LogP contribution in [0, 0.1) is 13.8 Å². The van der Waals surface area contributed by atoms with Crippen molar-refractivity contribution < 1.29 is 9.47 Å². The van der Waals surface area contributed by atoms with Crippen LogP contribution in [-0.4, -0.2) is 49.7 Å². The van der Waals surface area contributed by atoms with Crippen molar-refractivity contribution >= 4 is 17.9 Å². The molecule has 0 saturated heterocycles. The Kier molecular flexibility index (Phi) is 7.04. The number of rotatable bonds is 9. The molecule has 3 heterocycles. The van der Waals surface area contributed by atoms with E-state index in [1.807, 2.05) is 55.1 Å². The topological polar surface area (TPSA) is 99.9 Å². The van der Waals surface area contributed by atoms with Crippen LogP contribution in [0.3, 0.4) is 0 Å². The number of ether oxygens (including phenoxy) is 2.